The number of rotatable bonds is 6. The van der Waals surface area contributed by atoms with Crippen LogP contribution in [0.3, 0.4) is 0 Å². The second-order valence-electron chi connectivity index (χ2n) is 4.44. The number of nitrogens with zero attached hydrogens (tertiary/aromatic N) is 1. The van der Waals surface area contributed by atoms with Gasteiger partial charge in [-0.1, -0.05) is 13.8 Å². The number of furan rings is 1. The average molecular weight is 264 g/mol. The van der Waals surface area contributed by atoms with Crippen LogP contribution in [-0.2, 0) is 0 Å². The van der Waals surface area contributed by atoms with E-state index < -0.39 is 0 Å². The summed E-state index contributed by atoms with van der Waals surface area (Å²) in [6.07, 6.45) is 7.98. The number of pyridine rings is 1. The molecule has 2 aromatic rings. The lowest BCUT2D eigenvalue weighted by molar-refractivity contribution is 0.574. The molecular formula is C14H20N2OS. The predicted molar refractivity (Wildman–Crippen MR) is 79.3 cm³/mol. The van der Waals surface area contributed by atoms with Crippen LogP contribution in [0.15, 0.2) is 29.0 Å². The Bertz CT molecular complexity index is 497. The van der Waals surface area contributed by atoms with E-state index in [9.17, 15) is 0 Å². The summed E-state index contributed by atoms with van der Waals surface area (Å²) >= 11 is 1.93. The molecule has 0 atom stereocenters. The van der Waals surface area contributed by atoms with Crippen molar-refractivity contribution in [2.45, 2.75) is 31.4 Å². The summed E-state index contributed by atoms with van der Waals surface area (Å²) in [4.78, 5) is 4.40. The van der Waals surface area contributed by atoms with E-state index in [0.717, 1.165) is 36.2 Å². The van der Waals surface area contributed by atoms with Crippen molar-refractivity contribution in [3.05, 3.63) is 24.6 Å². The van der Waals surface area contributed by atoms with Crippen LogP contribution in [0, 0.1) is 0 Å². The van der Waals surface area contributed by atoms with Gasteiger partial charge in [0.05, 0.1) is 11.6 Å². The molecule has 98 valence electrons. The Morgan fingerprint density at radius 1 is 1.33 bits per heavy atom. The van der Waals surface area contributed by atoms with E-state index in [1.165, 1.54) is 0 Å². The van der Waals surface area contributed by atoms with Crippen LogP contribution in [0.5, 0.6) is 0 Å². The Morgan fingerprint density at radius 3 is 2.78 bits per heavy atom. The van der Waals surface area contributed by atoms with Gasteiger partial charge in [-0.2, -0.15) is 11.8 Å². The molecule has 2 heterocycles. The lowest BCUT2D eigenvalue weighted by atomic mass is 10.0. The second kappa shape index (κ2) is 5.65. The Labute approximate surface area is 112 Å². The third kappa shape index (κ3) is 2.48. The van der Waals surface area contributed by atoms with Crippen LogP contribution in [-0.4, -0.2) is 22.5 Å². The van der Waals surface area contributed by atoms with Crippen LogP contribution in [0.1, 0.15) is 26.7 Å². The molecule has 0 radical (unpaired) electrons. The van der Waals surface area contributed by atoms with Crippen LogP contribution >= 0.6 is 11.8 Å². The smallest absolute Gasteiger partial charge is 0.139 e. The molecule has 2 rings (SSSR count). The van der Waals surface area contributed by atoms with Crippen molar-refractivity contribution in [2.75, 3.05) is 18.1 Å². The zero-order chi connectivity index (χ0) is 13.0. The summed E-state index contributed by atoms with van der Waals surface area (Å²) in [5, 5.41) is 4.53. The lowest BCUT2D eigenvalue weighted by Gasteiger charge is -2.30. The standard InChI is InChI=1S/C14H20N2OS/c1-4-14(5-2,18-3)10-16-13-11-7-9-17-12(11)6-8-15-13/h6-9H,4-5,10H2,1-3H3,(H,15,16). The van der Waals surface area contributed by atoms with Gasteiger partial charge in [-0.05, 0) is 31.2 Å². The topological polar surface area (TPSA) is 38.1 Å². The zero-order valence-corrected chi connectivity index (χ0v) is 12.0. The number of thioether (sulfide) groups is 1. The Hall–Kier alpha value is -1.16. The van der Waals surface area contributed by atoms with E-state index in [2.05, 4.69) is 30.4 Å². The van der Waals surface area contributed by atoms with Gasteiger partial charge in [-0.3, -0.25) is 0 Å². The van der Waals surface area contributed by atoms with Gasteiger partial charge in [0.15, 0.2) is 0 Å². The average Bonchev–Trinajstić information content (AvgIpc) is 2.90. The monoisotopic (exact) mass is 264 g/mol. The molecule has 0 aliphatic rings. The van der Waals surface area contributed by atoms with E-state index >= 15 is 0 Å². The summed E-state index contributed by atoms with van der Waals surface area (Å²) in [5.74, 6) is 0.918. The largest absolute Gasteiger partial charge is 0.464 e. The number of hydrogen-bond donors (Lipinski definition) is 1. The zero-order valence-electron chi connectivity index (χ0n) is 11.2. The van der Waals surface area contributed by atoms with Gasteiger partial charge in [0.1, 0.15) is 11.4 Å². The van der Waals surface area contributed by atoms with E-state index in [1.807, 2.05) is 23.9 Å². The van der Waals surface area contributed by atoms with Gasteiger partial charge in [0, 0.05) is 17.5 Å². The summed E-state index contributed by atoms with van der Waals surface area (Å²) in [6.45, 7) is 5.42. The molecule has 0 saturated heterocycles. The maximum atomic E-state index is 5.38. The first kappa shape index (κ1) is 13.3. The quantitative estimate of drug-likeness (QED) is 0.850. The molecule has 2 aromatic heterocycles. The molecule has 4 heteroatoms. The third-order valence-corrected chi connectivity index (χ3v) is 5.27. The maximum absolute atomic E-state index is 5.38. The Kier molecular flexibility index (Phi) is 4.17. The molecule has 3 nitrogen and oxygen atoms in total. The lowest BCUT2D eigenvalue weighted by Crippen LogP contribution is -2.32. The van der Waals surface area contributed by atoms with Gasteiger partial charge >= 0.3 is 0 Å². The van der Waals surface area contributed by atoms with Gasteiger partial charge < -0.3 is 9.73 Å². The Morgan fingerprint density at radius 2 is 2.11 bits per heavy atom. The van der Waals surface area contributed by atoms with Crippen LogP contribution in [0.2, 0.25) is 0 Å². The Balaban J connectivity index is 2.17. The molecule has 1 N–H and O–H groups in total. The minimum absolute atomic E-state index is 0.285. The fraction of sp³-hybridized carbons (Fsp3) is 0.500. The van der Waals surface area contributed by atoms with E-state index in [4.69, 9.17) is 4.42 Å². The number of hydrogen-bond acceptors (Lipinski definition) is 4. The highest BCUT2D eigenvalue weighted by Crippen LogP contribution is 2.31. The third-order valence-electron chi connectivity index (χ3n) is 3.68. The summed E-state index contributed by atoms with van der Waals surface area (Å²) in [6, 6.07) is 3.85. The summed E-state index contributed by atoms with van der Waals surface area (Å²) in [7, 11) is 0. The minimum Gasteiger partial charge on any atom is -0.464 e. The molecular weight excluding hydrogens is 244 g/mol. The van der Waals surface area contributed by atoms with Crippen molar-refractivity contribution < 1.29 is 4.42 Å². The van der Waals surface area contributed by atoms with E-state index in [-0.39, 0.29) is 4.75 Å². The molecule has 0 aromatic carbocycles. The first-order valence-electron chi connectivity index (χ1n) is 6.36. The minimum atomic E-state index is 0.285. The molecule has 0 spiro atoms. The second-order valence-corrected chi connectivity index (χ2v) is 5.71. The summed E-state index contributed by atoms with van der Waals surface area (Å²) in [5.41, 5.74) is 0.884. The fourth-order valence-electron chi connectivity index (χ4n) is 2.14. The van der Waals surface area contributed by atoms with Crippen molar-refractivity contribution in [3.8, 4) is 0 Å². The first-order valence-corrected chi connectivity index (χ1v) is 7.58. The van der Waals surface area contributed by atoms with Gasteiger partial charge in [0.25, 0.3) is 0 Å². The molecule has 0 saturated carbocycles. The predicted octanol–water partition coefficient (Wildman–Crippen LogP) is 4.16. The van der Waals surface area contributed by atoms with Crippen LogP contribution in [0.25, 0.3) is 11.0 Å². The van der Waals surface area contributed by atoms with E-state index in [0.29, 0.717) is 0 Å². The van der Waals surface area contributed by atoms with Gasteiger partial charge in [-0.15, -0.1) is 0 Å². The SMILES string of the molecule is CCC(CC)(CNc1nccc2occc12)SC. The molecule has 0 fully saturated rings. The number of aromatic nitrogens is 1. The van der Waals surface area contributed by atoms with Crippen LogP contribution in [0.4, 0.5) is 5.82 Å². The van der Waals surface area contributed by atoms with Crippen molar-refractivity contribution in [3.63, 3.8) is 0 Å². The molecule has 0 aliphatic heterocycles. The number of anilines is 1. The molecule has 0 unspecified atom stereocenters. The normalized spacial score (nSPS) is 11.9. The van der Waals surface area contributed by atoms with Crippen molar-refractivity contribution in [1.82, 2.24) is 4.98 Å². The molecule has 0 amide bonds. The van der Waals surface area contributed by atoms with Crippen molar-refractivity contribution >= 4 is 28.5 Å². The fourth-order valence-corrected chi connectivity index (χ4v) is 2.94. The van der Waals surface area contributed by atoms with E-state index in [1.54, 1.807) is 12.5 Å². The number of nitrogens with one attached hydrogen (secondary N) is 1. The highest BCUT2D eigenvalue weighted by atomic mass is 32.2. The highest BCUT2D eigenvalue weighted by molar-refractivity contribution is 8.00. The summed E-state index contributed by atoms with van der Waals surface area (Å²) < 4.78 is 5.67. The number of fused-ring (bicyclic) bond motifs is 1. The van der Waals surface area contributed by atoms with Crippen molar-refractivity contribution in [1.29, 1.82) is 0 Å². The first-order chi connectivity index (χ1) is 8.74. The molecule has 0 bridgehead atoms. The maximum Gasteiger partial charge on any atom is 0.139 e. The van der Waals surface area contributed by atoms with Crippen molar-refractivity contribution in [2.24, 2.45) is 0 Å². The molecule has 0 aliphatic carbocycles. The highest BCUT2D eigenvalue weighted by Gasteiger charge is 2.24. The van der Waals surface area contributed by atoms with Gasteiger partial charge in [0.2, 0.25) is 0 Å². The van der Waals surface area contributed by atoms with Gasteiger partial charge in [-0.25, -0.2) is 4.98 Å². The van der Waals surface area contributed by atoms with Crippen LogP contribution < -0.4 is 5.32 Å². The molecule has 18 heavy (non-hydrogen) atoms.